The van der Waals surface area contributed by atoms with Crippen molar-refractivity contribution in [2.75, 3.05) is 5.32 Å². The van der Waals surface area contributed by atoms with E-state index in [0.29, 0.717) is 11.3 Å². The van der Waals surface area contributed by atoms with Crippen molar-refractivity contribution in [3.63, 3.8) is 0 Å². The summed E-state index contributed by atoms with van der Waals surface area (Å²) in [5, 5.41) is 14.7. The van der Waals surface area contributed by atoms with E-state index < -0.39 is 5.97 Å². The van der Waals surface area contributed by atoms with Crippen LogP contribution < -0.4 is 5.32 Å². The van der Waals surface area contributed by atoms with Gasteiger partial charge in [0.1, 0.15) is 4.88 Å². The molecule has 1 amide bonds. The molecule has 0 atom stereocenters. The molecular formula is C20H13NO3S. The molecule has 1 heterocycles. The zero-order chi connectivity index (χ0) is 17.4. The maximum Gasteiger partial charge on any atom is 0.345 e. The van der Waals surface area contributed by atoms with E-state index in [1.165, 1.54) is 11.3 Å². The molecule has 4 nitrogen and oxygen atoms in total. The van der Waals surface area contributed by atoms with Gasteiger partial charge in [-0.05, 0) is 40.4 Å². The summed E-state index contributed by atoms with van der Waals surface area (Å²) in [6.07, 6.45) is 0. The van der Waals surface area contributed by atoms with E-state index in [2.05, 4.69) is 5.32 Å². The van der Waals surface area contributed by atoms with Crippen molar-refractivity contribution >= 4 is 49.8 Å². The van der Waals surface area contributed by atoms with Gasteiger partial charge in [0.05, 0.1) is 0 Å². The lowest BCUT2D eigenvalue weighted by Crippen LogP contribution is -2.12. The Morgan fingerprint density at radius 2 is 1.68 bits per heavy atom. The second-order valence-electron chi connectivity index (χ2n) is 5.65. The Morgan fingerprint density at radius 1 is 0.880 bits per heavy atom. The molecule has 0 bridgehead atoms. The molecule has 5 heteroatoms. The summed E-state index contributed by atoms with van der Waals surface area (Å²) >= 11 is 1.19. The molecule has 0 saturated heterocycles. The lowest BCUT2D eigenvalue weighted by atomic mass is 10.0. The predicted molar refractivity (Wildman–Crippen MR) is 101 cm³/mol. The highest BCUT2D eigenvalue weighted by molar-refractivity contribution is 7.20. The van der Waals surface area contributed by atoms with Crippen LogP contribution in [-0.4, -0.2) is 17.0 Å². The van der Waals surface area contributed by atoms with Gasteiger partial charge in [-0.2, -0.15) is 0 Å². The lowest BCUT2D eigenvalue weighted by Gasteiger charge is -2.08. The maximum atomic E-state index is 12.7. The standard InChI is InChI=1S/C20H13NO3S/c22-19(16-7-3-5-12-4-1-2-6-15(12)16)21-14-9-8-13-10-18(20(23)24)25-17(13)11-14/h1-11H,(H,21,22)(H,23,24). The zero-order valence-corrected chi connectivity index (χ0v) is 13.8. The molecule has 0 spiro atoms. The van der Waals surface area contributed by atoms with E-state index in [-0.39, 0.29) is 10.8 Å². The van der Waals surface area contributed by atoms with Crippen LogP contribution in [0.5, 0.6) is 0 Å². The van der Waals surface area contributed by atoms with Crippen LogP contribution in [0.15, 0.2) is 66.7 Å². The number of carbonyl (C=O) groups excluding carboxylic acids is 1. The van der Waals surface area contributed by atoms with Crippen LogP contribution in [0.4, 0.5) is 5.69 Å². The topological polar surface area (TPSA) is 66.4 Å². The average molecular weight is 347 g/mol. The number of thiophene rings is 1. The molecule has 25 heavy (non-hydrogen) atoms. The highest BCUT2D eigenvalue weighted by Gasteiger charge is 2.12. The number of carboxylic acid groups (broad SMARTS) is 1. The van der Waals surface area contributed by atoms with E-state index in [0.717, 1.165) is 20.9 Å². The molecular weight excluding hydrogens is 334 g/mol. The van der Waals surface area contributed by atoms with Crippen molar-refractivity contribution in [3.8, 4) is 0 Å². The SMILES string of the molecule is O=C(O)c1cc2ccc(NC(=O)c3cccc4ccccc34)cc2s1. The van der Waals surface area contributed by atoms with Gasteiger partial charge in [0.2, 0.25) is 0 Å². The van der Waals surface area contributed by atoms with Crippen molar-refractivity contribution in [2.45, 2.75) is 0 Å². The molecule has 1 aromatic heterocycles. The van der Waals surface area contributed by atoms with E-state index in [1.807, 2.05) is 42.5 Å². The average Bonchev–Trinajstić information content (AvgIpc) is 3.05. The minimum atomic E-state index is -0.942. The number of anilines is 1. The Hall–Kier alpha value is -3.18. The summed E-state index contributed by atoms with van der Waals surface area (Å²) in [6, 6.07) is 20.4. The van der Waals surface area contributed by atoms with Crippen LogP contribution in [0.3, 0.4) is 0 Å². The largest absolute Gasteiger partial charge is 0.477 e. The molecule has 2 N–H and O–H groups in total. The summed E-state index contributed by atoms with van der Waals surface area (Å²) in [7, 11) is 0. The third-order valence-electron chi connectivity index (χ3n) is 4.02. The maximum absolute atomic E-state index is 12.7. The molecule has 0 aliphatic heterocycles. The summed E-state index contributed by atoms with van der Waals surface area (Å²) in [6.45, 7) is 0. The fourth-order valence-electron chi connectivity index (χ4n) is 2.84. The number of hydrogen-bond donors (Lipinski definition) is 2. The summed E-state index contributed by atoms with van der Waals surface area (Å²) in [5.74, 6) is -1.13. The minimum Gasteiger partial charge on any atom is -0.477 e. The van der Waals surface area contributed by atoms with E-state index in [9.17, 15) is 9.59 Å². The number of aromatic carboxylic acids is 1. The fourth-order valence-corrected chi connectivity index (χ4v) is 3.78. The van der Waals surface area contributed by atoms with Gasteiger partial charge in [0.15, 0.2) is 0 Å². The molecule has 4 aromatic rings. The fraction of sp³-hybridized carbons (Fsp3) is 0. The van der Waals surface area contributed by atoms with Crippen molar-refractivity contribution in [2.24, 2.45) is 0 Å². The van der Waals surface area contributed by atoms with E-state index in [4.69, 9.17) is 5.11 Å². The molecule has 3 aromatic carbocycles. The van der Waals surface area contributed by atoms with Gasteiger partial charge in [-0.15, -0.1) is 11.3 Å². The number of fused-ring (bicyclic) bond motifs is 2. The number of nitrogens with one attached hydrogen (secondary N) is 1. The first-order chi connectivity index (χ1) is 12.1. The van der Waals surface area contributed by atoms with Crippen LogP contribution in [0.25, 0.3) is 20.9 Å². The van der Waals surface area contributed by atoms with Gasteiger partial charge in [-0.25, -0.2) is 4.79 Å². The van der Waals surface area contributed by atoms with Crippen LogP contribution in [0.1, 0.15) is 20.0 Å². The third kappa shape index (κ3) is 2.86. The van der Waals surface area contributed by atoms with Crippen LogP contribution in [0, 0.1) is 0 Å². The minimum absolute atomic E-state index is 0.189. The Labute approximate surface area is 147 Å². The smallest absolute Gasteiger partial charge is 0.345 e. The monoisotopic (exact) mass is 347 g/mol. The van der Waals surface area contributed by atoms with E-state index in [1.54, 1.807) is 24.3 Å². The number of amides is 1. The van der Waals surface area contributed by atoms with E-state index >= 15 is 0 Å². The zero-order valence-electron chi connectivity index (χ0n) is 13.0. The quantitative estimate of drug-likeness (QED) is 0.548. The molecule has 122 valence electrons. The molecule has 0 fully saturated rings. The van der Waals surface area contributed by atoms with Crippen LogP contribution in [-0.2, 0) is 0 Å². The summed E-state index contributed by atoms with van der Waals surface area (Å²) in [4.78, 5) is 24.0. The first kappa shape index (κ1) is 15.4. The van der Waals surface area contributed by atoms with Crippen molar-refractivity contribution < 1.29 is 14.7 Å². The Kier molecular flexibility index (Phi) is 3.71. The van der Waals surface area contributed by atoms with Crippen LogP contribution in [0.2, 0.25) is 0 Å². The van der Waals surface area contributed by atoms with Crippen molar-refractivity contribution in [1.82, 2.24) is 0 Å². The molecule has 4 rings (SSSR count). The first-order valence-electron chi connectivity index (χ1n) is 7.68. The highest BCUT2D eigenvalue weighted by Crippen LogP contribution is 2.29. The molecule has 0 aliphatic rings. The summed E-state index contributed by atoms with van der Waals surface area (Å²) < 4.78 is 0.827. The number of rotatable bonds is 3. The number of benzene rings is 3. The van der Waals surface area contributed by atoms with Gasteiger partial charge in [0, 0.05) is 16.0 Å². The first-order valence-corrected chi connectivity index (χ1v) is 8.49. The number of hydrogen-bond acceptors (Lipinski definition) is 3. The summed E-state index contributed by atoms with van der Waals surface area (Å²) in [5.41, 5.74) is 1.25. The third-order valence-corrected chi connectivity index (χ3v) is 5.11. The van der Waals surface area contributed by atoms with Crippen molar-refractivity contribution in [1.29, 1.82) is 0 Å². The molecule has 0 unspecified atom stereocenters. The Morgan fingerprint density at radius 3 is 2.52 bits per heavy atom. The Balaban J connectivity index is 1.68. The second-order valence-corrected chi connectivity index (χ2v) is 6.73. The van der Waals surface area contributed by atoms with Gasteiger partial charge in [0.25, 0.3) is 5.91 Å². The normalized spacial score (nSPS) is 10.9. The van der Waals surface area contributed by atoms with Crippen LogP contribution >= 0.6 is 11.3 Å². The Bertz CT molecular complexity index is 1120. The molecule has 0 saturated carbocycles. The molecule has 0 radical (unpaired) electrons. The predicted octanol–water partition coefficient (Wildman–Crippen LogP) is 5.01. The number of carboxylic acids is 1. The lowest BCUT2D eigenvalue weighted by molar-refractivity contribution is 0.0702. The molecule has 0 aliphatic carbocycles. The van der Waals surface area contributed by atoms with Gasteiger partial charge < -0.3 is 10.4 Å². The van der Waals surface area contributed by atoms with Crippen molar-refractivity contribution in [3.05, 3.63) is 77.2 Å². The van der Waals surface area contributed by atoms with Gasteiger partial charge in [-0.3, -0.25) is 4.79 Å². The van der Waals surface area contributed by atoms with Gasteiger partial charge >= 0.3 is 5.97 Å². The number of carbonyl (C=O) groups is 2. The van der Waals surface area contributed by atoms with Gasteiger partial charge in [-0.1, -0.05) is 42.5 Å². The second kappa shape index (κ2) is 6.03. The highest BCUT2D eigenvalue weighted by atomic mass is 32.1.